The zero-order chi connectivity index (χ0) is 25.2. The minimum Gasteiger partial charge on any atom is -0.356 e. The second-order valence-corrected chi connectivity index (χ2v) is 11.4. The SMILES string of the molecule is Cc1ccc2nc(N3CCC(C)CC3)c(/C=C3\SC(=S)N(CCCc4ccccc4)C3=O)c(=O)n2c1. The van der Waals surface area contributed by atoms with Crippen molar-refractivity contribution in [3.63, 3.8) is 0 Å². The first-order valence-corrected chi connectivity index (χ1v) is 13.7. The number of aryl methyl sites for hydroxylation is 2. The normalized spacial score (nSPS) is 18.1. The van der Waals surface area contributed by atoms with Crippen molar-refractivity contribution in [2.24, 2.45) is 5.92 Å². The molecule has 1 aromatic carbocycles. The fraction of sp³-hybridized carbons (Fsp3) is 0.357. The third kappa shape index (κ3) is 5.11. The predicted molar refractivity (Wildman–Crippen MR) is 151 cm³/mol. The lowest BCUT2D eigenvalue weighted by molar-refractivity contribution is -0.122. The average molecular weight is 519 g/mol. The van der Waals surface area contributed by atoms with Crippen LogP contribution in [0.1, 0.15) is 42.9 Å². The number of nitrogens with zero attached hydrogens (tertiary/aromatic N) is 4. The zero-order valence-corrected chi connectivity index (χ0v) is 22.3. The number of thiocarbonyl (C=S) groups is 1. The van der Waals surface area contributed by atoms with Gasteiger partial charge < -0.3 is 4.90 Å². The Morgan fingerprint density at radius 2 is 1.86 bits per heavy atom. The summed E-state index contributed by atoms with van der Waals surface area (Å²) in [7, 11) is 0. The van der Waals surface area contributed by atoms with Gasteiger partial charge in [-0.15, -0.1) is 0 Å². The fourth-order valence-corrected chi connectivity index (χ4v) is 6.03. The van der Waals surface area contributed by atoms with Gasteiger partial charge in [0.25, 0.3) is 11.5 Å². The summed E-state index contributed by atoms with van der Waals surface area (Å²) in [4.78, 5) is 36.2. The average Bonchev–Trinajstić information content (AvgIpc) is 3.14. The molecule has 2 aliphatic heterocycles. The zero-order valence-electron chi connectivity index (χ0n) is 20.6. The van der Waals surface area contributed by atoms with Crippen LogP contribution in [0.3, 0.4) is 0 Å². The van der Waals surface area contributed by atoms with Crippen molar-refractivity contribution in [2.45, 2.75) is 39.5 Å². The van der Waals surface area contributed by atoms with E-state index in [0.29, 0.717) is 38.7 Å². The van der Waals surface area contributed by atoms with Crippen LogP contribution in [0.25, 0.3) is 11.7 Å². The fourth-order valence-electron chi connectivity index (χ4n) is 4.74. The van der Waals surface area contributed by atoms with Crippen molar-refractivity contribution in [1.82, 2.24) is 14.3 Å². The van der Waals surface area contributed by atoms with Gasteiger partial charge in [-0.3, -0.25) is 18.9 Å². The number of aromatic nitrogens is 2. The molecule has 0 radical (unpaired) electrons. The Labute approximate surface area is 221 Å². The standard InChI is InChI=1S/C28H30N4O2S2/c1-19-12-15-30(16-13-19)25-22(26(33)32-18-20(2)10-11-24(32)29-25)17-23-27(34)31(28(35)36-23)14-6-9-21-7-4-3-5-8-21/h3-5,7-8,10-11,17-19H,6,9,12-16H2,1-2H3/b23-17-. The number of carbonyl (C=O) groups excluding carboxylic acids is 1. The molecule has 2 saturated heterocycles. The minimum atomic E-state index is -0.160. The highest BCUT2D eigenvalue weighted by molar-refractivity contribution is 8.26. The van der Waals surface area contributed by atoms with Crippen LogP contribution in [-0.4, -0.2) is 44.1 Å². The molecule has 186 valence electrons. The molecular weight excluding hydrogens is 488 g/mol. The summed E-state index contributed by atoms with van der Waals surface area (Å²) in [6.07, 6.45) is 7.33. The van der Waals surface area contributed by atoms with Gasteiger partial charge in [0, 0.05) is 25.8 Å². The molecule has 2 fully saturated rings. The molecular formula is C28H30N4O2S2. The number of amides is 1. The van der Waals surface area contributed by atoms with Crippen LogP contribution in [0, 0.1) is 12.8 Å². The van der Waals surface area contributed by atoms with E-state index in [-0.39, 0.29) is 11.5 Å². The number of rotatable bonds is 6. The van der Waals surface area contributed by atoms with Crippen molar-refractivity contribution in [3.05, 3.63) is 80.6 Å². The third-order valence-corrected chi connectivity index (χ3v) is 8.29. The van der Waals surface area contributed by atoms with Crippen LogP contribution in [0.15, 0.2) is 58.4 Å². The number of anilines is 1. The molecule has 3 aromatic rings. The molecule has 4 heterocycles. The second kappa shape index (κ2) is 10.6. The summed E-state index contributed by atoms with van der Waals surface area (Å²) >= 11 is 6.83. The van der Waals surface area contributed by atoms with Crippen LogP contribution in [0.5, 0.6) is 0 Å². The number of carbonyl (C=O) groups is 1. The van der Waals surface area contributed by atoms with Gasteiger partial charge >= 0.3 is 0 Å². The number of hydrogen-bond donors (Lipinski definition) is 0. The van der Waals surface area contributed by atoms with E-state index in [1.165, 1.54) is 17.3 Å². The van der Waals surface area contributed by atoms with E-state index >= 15 is 0 Å². The molecule has 6 nitrogen and oxygen atoms in total. The molecule has 5 rings (SSSR count). The molecule has 36 heavy (non-hydrogen) atoms. The quantitative estimate of drug-likeness (QED) is 0.335. The Balaban J connectivity index is 1.46. The first-order valence-electron chi connectivity index (χ1n) is 12.5. The molecule has 2 aliphatic rings. The molecule has 0 N–H and O–H groups in total. The smallest absolute Gasteiger partial charge is 0.267 e. The number of pyridine rings is 1. The molecule has 1 amide bonds. The van der Waals surface area contributed by atoms with Crippen LogP contribution in [-0.2, 0) is 11.2 Å². The summed E-state index contributed by atoms with van der Waals surface area (Å²) < 4.78 is 2.12. The van der Waals surface area contributed by atoms with Gasteiger partial charge in [0.15, 0.2) is 0 Å². The van der Waals surface area contributed by atoms with E-state index in [9.17, 15) is 9.59 Å². The first-order chi connectivity index (χ1) is 17.4. The van der Waals surface area contributed by atoms with E-state index in [2.05, 4.69) is 24.0 Å². The van der Waals surface area contributed by atoms with E-state index in [0.717, 1.165) is 44.3 Å². The maximum absolute atomic E-state index is 13.7. The molecule has 0 spiro atoms. The predicted octanol–water partition coefficient (Wildman–Crippen LogP) is 5.07. The Morgan fingerprint density at radius 1 is 1.11 bits per heavy atom. The van der Waals surface area contributed by atoms with Crippen LogP contribution >= 0.6 is 24.0 Å². The Hall–Kier alpha value is -2.97. The van der Waals surface area contributed by atoms with Crippen LogP contribution in [0.4, 0.5) is 5.82 Å². The highest BCUT2D eigenvalue weighted by atomic mass is 32.2. The minimum absolute atomic E-state index is 0.134. The van der Waals surface area contributed by atoms with Crippen molar-refractivity contribution in [1.29, 1.82) is 0 Å². The van der Waals surface area contributed by atoms with Crippen molar-refractivity contribution < 1.29 is 4.79 Å². The van der Waals surface area contributed by atoms with Crippen LogP contribution < -0.4 is 10.5 Å². The molecule has 0 bridgehead atoms. The lowest BCUT2D eigenvalue weighted by atomic mass is 9.99. The Kier molecular flexibility index (Phi) is 7.25. The van der Waals surface area contributed by atoms with Crippen molar-refractivity contribution in [2.75, 3.05) is 24.5 Å². The number of piperidine rings is 1. The third-order valence-electron chi connectivity index (χ3n) is 6.91. The lowest BCUT2D eigenvalue weighted by Gasteiger charge is -2.32. The summed E-state index contributed by atoms with van der Waals surface area (Å²) in [6, 6.07) is 14.1. The molecule has 0 saturated carbocycles. The maximum Gasteiger partial charge on any atom is 0.267 e. The summed E-state index contributed by atoms with van der Waals surface area (Å²) in [5.74, 6) is 1.18. The number of hydrogen-bond acceptors (Lipinski definition) is 6. The summed E-state index contributed by atoms with van der Waals surface area (Å²) in [5.41, 5.74) is 3.13. The van der Waals surface area contributed by atoms with Gasteiger partial charge in [-0.1, -0.05) is 67.3 Å². The van der Waals surface area contributed by atoms with Crippen molar-refractivity contribution in [3.8, 4) is 0 Å². The van der Waals surface area contributed by atoms with E-state index in [4.69, 9.17) is 17.2 Å². The largest absolute Gasteiger partial charge is 0.356 e. The van der Waals surface area contributed by atoms with E-state index < -0.39 is 0 Å². The van der Waals surface area contributed by atoms with Crippen molar-refractivity contribution >= 4 is 51.7 Å². The topological polar surface area (TPSA) is 57.9 Å². The van der Waals surface area contributed by atoms with Gasteiger partial charge in [0.05, 0.1) is 10.5 Å². The lowest BCUT2D eigenvalue weighted by Crippen LogP contribution is -2.36. The number of thioether (sulfide) groups is 1. The molecule has 8 heteroatoms. The summed E-state index contributed by atoms with van der Waals surface area (Å²) in [6.45, 7) is 6.45. The highest BCUT2D eigenvalue weighted by Gasteiger charge is 2.33. The molecule has 2 aromatic heterocycles. The second-order valence-electron chi connectivity index (χ2n) is 9.68. The highest BCUT2D eigenvalue weighted by Crippen LogP contribution is 2.34. The Bertz CT molecular complexity index is 1390. The monoisotopic (exact) mass is 518 g/mol. The van der Waals surface area contributed by atoms with Gasteiger partial charge in [-0.2, -0.15) is 0 Å². The molecule has 0 atom stereocenters. The van der Waals surface area contributed by atoms with Gasteiger partial charge in [-0.05, 0) is 61.8 Å². The van der Waals surface area contributed by atoms with E-state index in [1.807, 2.05) is 37.3 Å². The summed E-state index contributed by atoms with van der Waals surface area (Å²) in [5, 5.41) is 0. The Morgan fingerprint density at radius 3 is 2.61 bits per heavy atom. The first kappa shape index (κ1) is 24.7. The van der Waals surface area contributed by atoms with Gasteiger partial charge in [0.2, 0.25) is 0 Å². The number of benzene rings is 1. The number of fused-ring (bicyclic) bond motifs is 1. The molecule has 0 unspecified atom stereocenters. The maximum atomic E-state index is 13.7. The van der Waals surface area contributed by atoms with Crippen LogP contribution in [0.2, 0.25) is 0 Å². The van der Waals surface area contributed by atoms with Gasteiger partial charge in [0.1, 0.15) is 15.8 Å². The van der Waals surface area contributed by atoms with E-state index in [1.54, 1.807) is 21.6 Å². The molecule has 0 aliphatic carbocycles. The van der Waals surface area contributed by atoms with Gasteiger partial charge in [-0.25, -0.2) is 4.98 Å².